The first-order chi connectivity index (χ1) is 14.6. The molecule has 8 nitrogen and oxygen atoms in total. The SMILES string of the molecule is CS(=O)(=O)Nc1ccc(NC(=O)c2cc([N+](=O)[O-])ccc2Sc2ccccc2F)cc1. The Hall–Kier alpha value is -3.44. The molecule has 3 aromatic rings. The van der Waals surface area contributed by atoms with Crippen molar-refractivity contribution in [1.29, 1.82) is 0 Å². The third-order valence-corrected chi connectivity index (χ3v) is 5.65. The summed E-state index contributed by atoms with van der Waals surface area (Å²) in [6.45, 7) is 0. The van der Waals surface area contributed by atoms with Gasteiger partial charge in [-0.25, -0.2) is 12.8 Å². The van der Waals surface area contributed by atoms with Crippen LogP contribution in [0.4, 0.5) is 21.5 Å². The molecule has 0 saturated heterocycles. The predicted octanol–water partition coefficient (Wildman–Crippen LogP) is 4.51. The molecule has 3 rings (SSSR count). The molecule has 1 amide bonds. The topological polar surface area (TPSA) is 118 Å². The number of benzene rings is 3. The molecule has 0 bridgehead atoms. The third kappa shape index (κ3) is 6.03. The summed E-state index contributed by atoms with van der Waals surface area (Å²) in [6, 6.07) is 15.6. The van der Waals surface area contributed by atoms with Crippen LogP contribution in [0.25, 0.3) is 0 Å². The average molecular weight is 461 g/mol. The quantitative estimate of drug-likeness (QED) is 0.395. The molecule has 3 aromatic carbocycles. The van der Waals surface area contributed by atoms with E-state index in [4.69, 9.17) is 0 Å². The van der Waals surface area contributed by atoms with Crippen molar-refractivity contribution in [3.8, 4) is 0 Å². The van der Waals surface area contributed by atoms with E-state index >= 15 is 0 Å². The van der Waals surface area contributed by atoms with Crippen molar-refractivity contribution >= 4 is 44.8 Å². The maximum atomic E-state index is 14.0. The number of sulfonamides is 1. The van der Waals surface area contributed by atoms with Gasteiger partial charge in [0.15, 0.2) is 0 Å². The molecule has 0 aliphatic heterocycles. The van der Waals surface area contributed by atoms with E-state index in [0.29, 0.717) is 16.3 Å². The number of carbonyl (C=O) groups is 1. The summed E-state index contributed by atoms with van der Waals surface area (Å²) in [5.74, 6) is -1.11. The summed E-state index contributed by atoms with van der Waals surface area (Å²) in [5.41, 5.74) is 0.376. The standard InChI is InChI=1S/C20H16FN3O5S2/c1-31(28,29)23-14-8-6-13(7-9-14)22-20(25)16-12-15(24(26)27)10-11-18(16)30-19-5-3-2-4-17(19)21/h2-12,23H,1H3,(H,22,25). The Morgan fingerprint density at radius 2 is 1.65 bits per heavy atom. The molecule has 31 heavy (non-hydrogen) atoms. The molecule has 0 unspecified atom stereocenters. The summed E-state index contributed by atoms with van der Waals surface area (Å²) >= 11 is 0.974. The number of nitrogens with zero attached hydrogens (tertiary/aromatic N) is 1. The van der Waals surface area contributed by atoms with Crippen molar-refractivity contribution in [1.82, 2.24) is 0 Å². The zero-order valence-electron chi connectivity index (χ0n) is 16.0. The van der Waals surface area contributed by atoms with Crippen LogP contribution < -0.4 is 10.0 Å². The minimum absolute atomic E-state index is 0.000732. The van der Waals surface area contributed by atoms with Crippen molar-refractivity contribution in [2.24, 2.45) is 0 Å². The highest BCUT2D eigenvalue weighted by Crippen LogP contribution is 2.34. The van der Waals surface area contributed by atoms with Gasteiger partial charge in [0, 0.05) is 33.3 Å². The van der Waals surface area contributed by atoms with Gasteiger partial charge < -0.3 is 5.32 Å². The minimum Gasteiger partial charge on any atom is -0.322 e. The van der Waals surface area contributed by atoms with Gasteiger partial charge in [0.05, 0.1) is 16.7 Å². The molecule has 0 saturated carbocycles. The van der Waals surface area contributed by atoms with E-state index in [0.717, 1.165) is 24.1 Å². The minimum atomic E-state index is -3.44. The molecular formula is C20H16FN3O5S2. The summed E-state index contributed by atoms with van der Waals surface area (Å²) in [6.07, 6.45) is 1.01. The summed E-state index contributed by atoms with van der Waals surface area (Å²) in [4.78, 5) is 24.0. The first-order valence-electron chi connectivity index (χ1n) is 8.72. The molecule has 0 aliphatic carbocycles. The molecule has 0 aromatic heterocycles. The highest BCUT2D eigenvalue weighted by atomic mass is 32.2. The van der Waals surface area contributed by atoms with Gasteiger partial charge in [-0.05, 0) is 42.5 Å². The van der Waals surface area contributed by atoms with Crippen molar-refractivity contribution in [2.75, 3.05) is 16.3 Å². The molecule has 0 atom stereocenters. The number of non-ortho nitro benzene ring substituents is 1. The molecule has 2 N–H and O–H groups in total. The molecule has 0 spiro atoms. The lowest BCUT2D eigenvalue weighted by Gasteiger charge is -2.11. The van der Waals surface area contributed by atoms with Crippen LogP contribution in [-0.4, -0.2) is 25.5 Å². The van der Waals surface area contributed by atoms with Crippen LogP contribution in [0, 0.1) is 15.9 Å². The lowest BCUT2D eigenvalue weighted by molar-refractivity contribution is -0.384. The number of rotatable bonds is 7. The first-order valence-corrected chi connectivity index (χ1v) is 11.4. The molecule has 0 heterocycles. The highest BCUT2D eigenvalue weighted by molar-refractivity contribution is 7.99. The zero-order valence-corrected chi connectivity index (χ0v) is 17.7. The number of carbonyl (C=O) groups excluding carboxylic acids is 1. The highest BCUT2D eigenvalue weighted by Gasteiger charge is 2.19. The van der Waals surface area contributed by atoms with Gasteiger partial charge in [0.1, 0.15) is 5.82 Å². The third-order valence-electron chi connectivity index (χ3n) is 3.92. The second-order valence-corrected chi connectivity index (χ2v) is 9.21. The van der Waals surface area contributed by atoms with E-state index in [1.165, 1.54) is 54.6 Å². The van der Waals surface area contributed by atoms with Gasteiger partial charge in [-0.1, -0.05) is 23.9 Å². The van der Waals surface area contributed by atoms with E-state index in [-0.39, 0.29) is 16.1 Å². The van der Waals surface area contributed by atoms with E-state index in [1.807, 2.05) is 0 Å². The van der Waals surface area contributed by atoms with E-state index < -0.39 is 26.7 Å². The number of hydrogen-bond donors (Lipinski definition) is 2. The summed E-state index contributed by atoms with van der Waals surface area (Å²) in [7, 11) is -3.44. The number of halogens is 1. The van der Waals surface area contributed by atoms with E-state index in [9.17, 15) is 27.7 Å². The zero-order chi connectivity index (χ0) is 22.6. The molecule has 0 fully saturated rings. The lowest BCUT2D eigenvalue weighted by atomic mass is 10.1. The first kappa shape index (κ1) is 22.2. The van der Waals surface area contributed by atoms with Crippen LogP contribution in [0.2, 0.25) is 0 Å². The maximum Gasteiger partial charge on any atom is 0.270 e. The van der Waals surface area contributed by atoms with Crippen LogP contribution in [0.15, 0.2) is 76.5 Å². The van der Waals surface area contributed by atoms with Gasteiger partial charge in [-0.15, -0.1) is 0 Å². The number of amides is 1. The fourth-order valence-electron chi connectivity index (χ4n) is 2.58. The smallest absolute Gasteiger partial charge is 0.270 e. The Bertz CT molecular complexity index is 1250. The normalized spacial score (nSPS) is 11.0. The van der Waals surface area contributed by atoms with Gasteiger partial charge >= 0.3 is 0 Å². The van der Waals surface area contributed by atoms with Crippen molar-refractivity contribution in [2.45, 2.75) is 9.79 Å². The molecule has 0 radical (unpaired) electrons. The Balaban J connectivity index is 1.88. The Morgan fingerprint density at radius 3 is 2.26 bits per heavy atom. The van der Waals surface area contributed by atoms with Gasteiger partial charge in [-0.2, -0.15) is 0 Å². The molecule has 0 aliphatic rings. The Morgan fingerprint density at radius 1 is 1.00 bits per heavy atom. The predicted molar refractivity (Wildman–Crippen MR) is 116 cm³/mol. The van der Waals surface area contributed by atoms with Crippen molar-refractivity contribution < 1.29 is 22.5 Å². The number of nitro benzene ring substituents is 1. The van der Waals surface area contributed by atoms with Crippen LogP contribution in [0.3, 0.4) is 0 Å². The lowest BCUT2D eigenvalue weighted by Crippen LogP contribution is -2.14. The summed E-state index contributed by atoms with van der Waals surface area (Å²) in [5, 5.41) is 13.8. The van der Waals surface area contributed by atoms with Crippen LogP contribution >= 0.6 is 11.8 Å². The van der Waals surface area contributed by atoms with Crippen molar-refractivity contribution in [3.63, 3.8) is 0 Å². The van der Waals surface area contributed by atoms with Crippen LogP contribution in [-0.2, 0) is 10.0 Å². The Labute approximate surface area is 181 Å². The molecule has 11 heteroatoms. The van der Waals surface area contributed by atoms with Crippen LogP contribution in [0.5, 0.6) is 0 Å². The average Bonchev–Trinajstić information content (AvgIpc) is 2.70. The maximum absolute atomic E-state index is 14.0. The number of anilines is 2. The van der Waals surface area contributed by atoms with Gasteiger partial charge in [0.25, 0.3) is 11.6 Å². The Kier molecular flexibility index (Phi) is 6.56. The second kappa shape index (κ2) is 9.14. The monoisotopic (exact) mass is 461 g/mol. The van der Waals surface area contributed by atoms with E-state index in [1.54, 1.807) is 6.07 Å². The number of nitrogens with one attached hydrogen (secondary N) is 2. The summed E-state index contributed by atoms with van der Waals surface area (Å²) < 4.78 is 38.9. The fraction of sp³-hybridized carbons (Fsp3) is 0.0500. The molecule has 160 valence electrons. The van der Waals surface area contributed by atoms with E-state index in [2.05, 4.69) is 10.0 Å². The largest absolute Gasteiger partial charge is 0.322 e. The number of nitro groups is 1. The van der Waals surface area contributed by atoms with Crippen molar-refractivity contribution in [3.05, 3.63) is 88.2 Å². The van der Waals surface area contributed by atoms with Gasteiger partial charge in [-0.3, -0.25) is 19.6 Å². The number of hydrogen-bond acceptors (Lipinski definition) is 6. The fourth-order valence-corrected chi connectivity index (χ4v) is 4.09. The van der Waals surface area contributed by atoms with Gasteiger partial charge in [0.2, 0.25) is 10.0 Å². The molecular weight excluding hydrogens is 445 g/mol. The van der Waals surface area contributed by atoms with Crippen LogP contribution in [0.1, 0.15) is 10.4 Å². The second-order valence-electron chi connectivity index (χ2n) is 6.38.